The smallest absolute Gasteiger partial charge is 0.211 e. The maximum absolute atomic E-state index is 9.64. The summed E-state index contributed by atoms with van der Waals surface area (Å²) < 4.78 is 3.17. The van der Waals surface area contributed by atoms with Crippen LogP contribution in [0.15, 0.2) is 58.7 Å². The normalized spacial score (nSPS) is 12.6. The van der Waals surface area contributed by atoms with Gasteiger partial charge in [0.2, 0.25) is 4.80 Å². The number of aromatic nitrogens is 1. The van der Waals surface area contributed by atoms with E-state index in [2.05, 4.69) is 22.3 Å². The molecule has 100 valence electrons. The van der Waals surface area contributed by atoms with Crippen molar-refractivity contribution in [2.24, 2.45) is 17.3 Å². The van der Waals surface area contributed by atoms with E-state index in [1.54, 1.807) is 35.8 Å². The zero-order valence-corrected chi connectivity index (χ0v) is 11.7. The Morgan fingerprint density at radius 3 is 2.65 bits per heavy atom. The van der Waals surface area contributed by atoms with E-state index >= 15 is 0 Å². The van der Waals surface area contributed by atoms with Crippen LogP contribution in [0.2, 0.25) is 0 Å². The number of fused-ring (bicyclic) bond motifs is 1. The number of aromatic hydroxyl groups is 1. The fourth-order valence-corrected chi connectivity index (χ4v) is 2.89. The van der Waals surface area contributed by atoms with E-state index in [-0.39, 0.29) is 5.75 Å². The molecule has 0 unspecified atom stereocenters. The maximum atomic E-state index is 9.64. The topological polar surface area (TPSA) is 49.9 Å². The van der Waals surface area contributed by atoms with E-state index in [4.69, 9.17) is 0 Å². The molecule has 20 heavy (non-hydrogen) atoms. The van der Waals surface area contributed by atoms with Crippen molar-refractivity contribution >= 4 is 27.8 Å². The molecule has 1 N–H and O–H groups in total. The van der Waals surface area contributed by atoms with E-state index < -0.39 is 0 Å². The lowest BCUT2D eigenvalue weighted by molar-refractivity contribution is 0.474. The van der Waals surface area contributed by atoms with Crippen LogP contribution < -0.4 is 4.80 Å². The van der Waals surface area contributed by atoms with E-state index in [9.17, 15) is 5.11 Å². The van der Waals surface area contributed by atoms with Gasteiger partial charge in [0.25, 0.3) is 0 Å². The molecule has 4 nitrogen and oxygen atoms in total. The lowest BCUT2D eigenvalue weighted by atomic mass is 10.2. The Bertz CT molecular complexity index is 845. The summed E-state index contributed by atoms with van der Waals surface area (Å²) in [7, 11) is 1.97. The van der Waals surface area contributed by atoms with Gasteiger partial charge in [-0.25, -0.2) is 0 Å². The number of hydrogen-bond donors (Lipinski definition) is 1. The van der Waals surface area contributed by atoms with Crippen LogP contribution in [0.3, 0.4) is 0 Å². The summed E-state index contributed by atoms with van der Waals surface area (Å²) in [6, 6.07) is 15.2. The molecule has 0 spiro atoms. The Morgan fingerprint density at radius 2 is 1.85 bits per heavy atom. The highest BCUT2D eigenvalue weighted by Crippen LogP contribution is 2.15. The minimum Gasteiger partial charge on any atom is -0.507 e. The Balaban J connectivity index is 1.99. The highest BCUT2D eigenvalue weighted by molar-refractivity contribution is 7.16. The third-order valence-electron chi connectivity index (χ3n) is 2.99. The van der Waals surface area contributed by atoms with Gasteiger partial charge >= 0.3 is 0 Å². The molecule has 3 rings (SSSR count). The first-order chi connectivity index (χ1) is 9.75. The summed E-state index contributed by atoms with van der Waals surface area (Å²) in [4.78, 5) is 0.817. The molecule has 0 aliphatic heterocycles. The summed E-state index contributed by atoms with van der Waals surface area (Å²) in [6.07, 6.45) is 1.56. The Hall–Kier alpha value is -2.40. The molecule has 3 aromatic rings. The molecule has 0 atom stereocenters. The summed E-state index contributed by atoms with van der Waals surface area (Å²) in [5.74, 6) is 0.201. The van der Waals surface area contributed by atoms with Crippen molar-refractivity contribution in [3.8, 4) is 5.75 Å². The number of phenols is 1. The molecule has 0 radical (unpaired) electrons. The van der Waals surface area contributed by atoms with Gasteiger partial charge in [0.1, 0.15) is 5.75 Å². The van der Waals surface area contributed by atoms with Gasteiger partial charge in [0.05, 0.1) is 16.4 Å². The SMILES string of the molecule is Cn1/c(=N\N=C\c2ccccc2O)sc2ccccc21. The van der Waals surface area contributed by atoms with Gasteiger partial charge < -0.3 is 9.67 Å². The Kier molecular flexibility index (Phi) is 3.35. The third-order valence-corrected chi connectivity index (χ3v) is 4.09. The summed E-state index contributed by atoms with van der Waals surface area (Å²) >= 11 is 1.58. The van der Waals surface area contributed by atoms with E-state index in [0.717, 1.165) is 10.3 Å². The van der Waals surface area contributed by atoms with Crippen molar-refractivity contribution in [2.45, 2.75) is 0 Å². The van der Waals surface area contributed by atoms with Crippen molar-refractivity contribution < 1.29 is 5.11 Å². The van der Waals surface area contributed by atoms with Crippen LogP contribution in [0, 0.1) is 0 Å². The fourth-order valence-electron chi connectivity index (χ4n) is 1.92. The standard InChI is InChI=1S/C15H13N3OS/c1-18-12-7-3-5-9-14(12)20-15(18)17-16-10-11-6-2-4-8-13(11)19/h2-10,19H,1H3/b16-10+,17-15+. The molecule has 0 fully saturated rings. The van der Waals surface area contributed by atoms with Crippen molar-refractivity contribution in [1.29, 1.82) is 0 Å². The van der Waals surface area contributed by atoms with Gasteiger partial charge in [0, 0.05) is 12.6 Å². The maximum Gasteiger partial charge on any atom is 0.211 e. The van der Waals surface area contributed by atoms with E-state index in [0.29, 0.717) is 5.56 Å². The number of hydrogen-bond acceptors (Lipinski definition) is 4. The molecule has 0 saturated heterocycles. The number of rotatable bonds is 2. The molecular weight excluding hydrogens is 270 g/mol. The quantitative estimate of drug-likeness (QED) is 0.570. The number of phenolic OH excluding ortho intramolecular Hbond substituents is 1. The van der Waals surface area contributed by atoms with Crippen LogP contribution in [0.5, 0.6) is 5.75 Å². The van der Waals surface area contributed by atoms with Gasteiger partial charge in [-0.2, -0.15) is 5.10 Å². The van der Waals surface area contributed by atoms with Crippen LogP contribution in [0.1, 0.15) is 5.56 Å². The molecule has 0 saturated carbocycles. The highest BCUT2D eigenvalue weighted by Gasteiger charge is 2.00. The highest BCUT2D eigenvalue weighted by atomic mass is 32.1. The lowest BCUT2D eigenvalue weighted by Crippen LogP contribution is -2.08. The molecule has 1 aromatic heterocycles. The van der Waals surface area contributed by atoms with Crippen LogP contribution in [0.25, 0.3) is 10.2 Å². The second-order valence-corrected chi connectivity index (χ2v) is 5.32. The van der Waals surface area contributed by atoms with Crippen LogP contribution >= 0.6 is 11.3 Å². The number of nitrogens with zero attached hydrogens (tertiary/aromatic N) is 3. The first-order valence-electron chi connectivity index (χ1n) is 6.15. The average molecular weight is 283 g/mol. The Morgan fingerprint density at radius 1 is 1.10 bits per heavy atom. The second kappa shape index (κ2) is 5.30. The molecule has 0 amide bonds. The first-order valence-corrected chi connectivity index (χ1v) is 6.97. The van der Waals surface area contributed by atoms with Crippen molar-refractivity contribution in [3.63, 3.8) is 0 Å². The lowest BCUT2D eigenvalue weighted by Gasteiger charge is -1.94. The predicted molar refractivity (Wildman–Crippen MR) is 82.1 cm³/mol. The largest absolute Gasteiger partial charge is 0.507 e. The zero-order valence-electron chi connectivity index (χ0n) is 10.9. The summed E-state index contributed by atoms with van der Waals surface area (Å²) in [6.45, 7) is 0. The fraction of sp³-hybridized carbons (Fsp3) is 0.0667. The zero-order chi connectivity index (χ0) is 13.9. The third kappa shape index (κ3) is 2.35. The van der Waals surface area contributed by atoms with E-state index in [1.807, 2.05) is 29.8 Å². The van der Waals surface area contributed by atoms with Gasteiger partial charge in [0.15, 0.2) is 0 Å². The number of thiazole rings is 1. The molecule has 2 aromatic carbocycles. The van der Waals surface area contributed by atoms with Crippen molar-refractivity contribution in [1.82, 2.24) is 4.57 Å². The van der Waals surface area contributed by atoms with Crippen molar-refractivity contribution in [3.05, 3.63) is 58.9 Å². The van der Waals surface area contributed by atoms with Gasteiger partial charge in [-0.3, -0.25) is 0 Å². The molecular formula is C15H13N3OS. The molecule has 5 heteroatoms. The minimum absolute atomic E-state index is 0.201. The second-order valence-electron chi connectivity index (χ2n) is 4.31. The van der Waals surface area contributed by atoms with Crippen LogP contribution in [-0.2, 0) is 7.05 Å². The van der Waals surface area contributed by atoms with E-state index in [1.165, 1.54) is 4.70 Å². The van der Waals surface area contributed by atoms with Gasteiger partial charge in [-0.15, -0.1) is 5.10 Å². The average Bonchev–Trinajstić information content (AvgIpc) is 2.78. The number of para-hydroxylation sites is 2. The summed E-state index contributed by atoms with van der Waals surface area (Å²) in [5, 5.41) is 17.9. The Labute approximate surface area is 120 Å². The van der Waals surface area contributed by atoms with Gasteiger partial charge in [-0.05, 0) is 24.3 Å². The van der Waals surface area contributed by atoms with Crippen LogP contribution in [0.4, 0.5) is 0 Å². The molecule has 1 heterocycles. The molecule has 0 aliphatic carbocycles. The number of aryl methyl sites for hydroxylation is 1. The van der Waals surface area contributed by atoms with Crippen LogP contribution in [-0.4, -0.2) is 15.9 Å². The molecule has 0 bridgehead atoms. The van der Waals surface area contributed by atoms with Crippen molar-refractivity contribution in [2.75, 3.05) is 0 Å². The monoisotopic (exact) mass is 283 g/mol. The van der Waals surface area contributed by atoms with Gasteiger partial charge in [-0.1, -0.05) is 35.6 Å². The molecule has 0 aliphatic rings. The minimum atomic E-state index is 0.201. The first kappa shape index (κ1) is 12.6. The summed E-state index contributed by atoms with van der Waals surface area (Å²) in [5.41, 5.74) is 1.79. The number of benzene rings is 2. The predicted octanol–water partition coefficient (Wildman–Crippen LogP) is 2.88.